The van der Waals surface area contributed by atoms with Gasteiger partial charge in [0, 0.05) is 6.42 Å². The summed E-state index contributed by atoms with van der Waals surface area (Å²) in [5.41, 5.74) is 2.92. The Morgan fingerprint density at radius 2 is 2.24 bits per heavy atom. The number of nitrogens with one attached hydrogen (secondary N) is 1. The molecule has 0 saturated carbocycles. The van der Waals surface area contributed by atoms with Crippen molar-refractivity contribution in [3.05, 3.63) is 29.3 Å². The third kappa shape index (κ3) is 2.43. The van der Waals surface area contributed by atoms with Crippen LogP contribution in [0.5, 0.6) is 5.75 Å². The van der Waals surface area contributed by atoms with Crippen molar-refractivity contribution in [1.82, 2.24) is 5.32 Å². The Morgan fingerprint density at radius 3 is 3.06 bits per heavy atom. The molecular formula is C14H20ClNO. The maximum atomic E-state index is 5.56. The van der Waals surface area contributed by atoms with E-state index in [1.54, 1.807) is 0 Å². The van der Waals surface area contributed by atoms with Crippen molar-refractivity contribution in [2.24, 2.45) is 5.92 Å². The third-order valence-electron chi connectivity index (χ3n) is 3.93. The van der Waals surface area contributed by atoms with Crippen LogP contribution in [0.3, 0.4) is 0 Å². The first kappa shape index (κ1) is 12.7. The van der Waals surface area contributed by atoms with Gasteiger partial charge in [-0.15, -0.1) is 12.4 Å². The number of hydrogen-bond donors (Lipinski definition) is 1. The predicted molar refractivity (Wildman–Crippen MR) is 72.3 cm³/mol. The van der Waals surface area contributed by atoms with Gasteiger partial charge in [-0.3, -0.25) is 0 Å². The predicted octanol–water partition coefficient (Wildman–Crippen LogP) is 2.76. The van der Waals surface area contributed by atoms with Crippen LogP contribution in [0.1, 0.15) is 30.4 Å². The SMILES string of the molecule is C[C@@H]1CNCC[C@@H]1c1ccc2c(c1)CCO2.Cl. The second-order valence-corrected chi connectivity index (χ2v) is 5.04. The minimum atomic E-state index is 0. The van der Waals surface area contributed by atoms with Gasteiger partial charge in [0.15, 0.2) is 0 Å². The smallest absolute Gasteiger partial charge is 0.122 e. The van der Waals surface area contributed by atoms with Crippen molar-refractivity contribution in [2.75, 3.05) is 19.7 Å². The van der Waals surface area contributed by atoms with Crippen molar-refractivity contribution in [3.63, 3.8) is 0 Å². The second kappa shape index (κ2) is 5.28. The van der Waals surface area contributed by atoms with Gasteiger partial charge in [0.25, 0.3) is 0 Å². The largest absolute Gasteiger partial charge is 0.493 e. The highest BCUT2D eigenvalue weighted by Gasteiger charge is 2.24. The maximum Gasteiger partial charge on any atom is 0.122 e. The van der Waals surface area contributed by atoms with Crippen LogP contribution in [0.25, 0.3) is 0 Å². The van der Waals surface area contributed by atoms with Crippen LogP contribution in [-0.4, -0.2) is 19.7 Å². The van der Waals surface area contributed by atoms with E-state index < -0.39 is 0 Å². The number of benzene rings is 1. The molecule has 1 N–H and O–H groups in total. The summed E-state index contributed by atoms with van der Waals surface area (Å²) < 4.78 is 5.56. The van der Waals surface area contributed by atoms with E-state index in [1.165, 1.54) is 17.5 Å². The molecule has 2 aliphatic heterocycles. The van der Waals surface area contributed by atoms with Crippen LogP contribution in [0, 0.1) is 5.92 Å². The lowest BCUT2D eigenvalue weighted by Crippen LogP contribution is -2.33. The molecule has 17 heavy (non-hydrogen) atoms. The molecular weight excluding hydrogens is 234 g/mol. The van der Waals surface area contributed by atoms with Gasteiger partial charge in [-0.05, 0) is 48.5 Å². The molecule has 0 aliphatic carbocycles. The molecule has 0 spiro atoms. The molecule has 0 unspecified atom stereocenters. The maximum absolute atomic E-state index is 5.56. The lowest BCUT2D eigenvalue weighted by molar-refractivity contribution is 0.348. The highest BCUT2D eigenvalue weighted by molar-refractivity contribution is 5.85. The molecule has 2 nitrogen and oxygen atoms in total. The Kier molecular flexibility index (Phi) is 3.95. The molecule has 2 heterocycles. The zero-order valence-electron chi connectivity index (χ0n) is 10.2. The monoisotopic (exact) mass is 253 g/mol. The van der Waals surface area contributed by atoms with Crippen LogP contribution >= 0.6 is 12.4 Å². The lowest BCUT2D eigenvalue weighted by atomic mass is 9.82. The molecule has 0 bridgehead atoms. The fraction of sp³-hybridized carbons (Fsp3) is 0.571. The number of rotatable bonds is 1. The average Bonchev–Trinajstić information content (AvgIpc) is 2.76. The number of ether oxygens (including phenoxy) is 1. The third-order valence-corrected chi connectivity index (χ3v) is 3.93. The minimum Gasteiger partial charge on any atom is -0.493 e. The summed E-state index contributed by atoms with van der Waals surface area (Å²) in [7, 11) is 0. The molecule has 3 heteroatoms. The van der Waals surface area contributed by atoms with Crippen molar-refractivity contribution >= 4 is 12.4 Å². The number of halogens is 1. The van der Waals surface area contributed by atoms with E-state index in [2.05, 4.69) is 30.4 Å². The van der Waals surface area contributed by atoms with Crippen LogP contribution < -0.4 is 10.1 Å². The number of hydrogen-bond acceptors (Lipinski definition) is 2. The molecule has 1 fully saturated rings. The Balaban J connectivity index is 0.00000108. The zero-order chi connectivity index (χ0) is 11.0. The topological polar surface area (TPSA) is 21.3 Å². The molecule has 3 rings (SSSR count). The van der Waals surface area contributed by atoms with Crippen molar-refractivity contribution in [3.8, 4) is 5.75 Å². The molecule has 0 amide bonds. The van der Waals surface area contributed by atoms with Gasteiger partial charge in [0.2, 0.25) is 0 Å². The summed E-state index contributed by atoms with van der Waals surface area (Å²) in [4.78, 5) is 0. The molecule has 1 aromatic carbocycles. The van der Waals surface area contributed by atoms with Gasteiger partial charge in [0.1, 0.15) is 5.75 Å². The molecule has 0 aromatic heterocycles. The Labute approximate surface area is 109 Å². The van der Waals surface area contributed by atoms with Crippen LogP contribution in [0.2, 0.25) is 0 Å². The van der Waals surface area contributed by atoms with E-state index in [4.69, 9.17) is 4.74 Å². The van der Waals surface area contributed by atoms with Crippen LogP contribution in [-0.2, 0) is 6.42 Å². The minimum absolute atomic E-state index is 0. The fourth-order valence-corrected chi connectivity index (χ4v) is 2.95. The Hall–Kier alpha value is -0.730. The first-order valence-corrected chi connectivity index (χ1v) is 6.31. The molecule has 2 atom stereocenters. The lowest BCUT2D eigenvalue weighted by Gasteiger charge is -2.30. The number of fused-ring (bicyclic) bond motifs is 1. The van der Waals surface area contributed by atoms with Crippen LogP contribution in [0.15, 0.2) is 18.2 Å². The Bertz CT molecular complexity index is 394. The quantitative estimate of drug-likeness (QED) is 0.831. The second-order valence-electron chi connectivity index (χ2n) is 5.04. The van der Waals surface area contributed by atoms with Gasteiger partial charge < -0.3 is 10.1 Å². The van der Waals surface area contributed by atoms with E-state index in [0.717, 1.165) is 43.7 Å². The average molecular weight is 254 g/mol. The van der Waals surface area contributed by atoms with E-state index in [1.807, 2.05) is 0 Å². The van der Waals surface area contributed by atoms with Gasteiger partial charge in [0.05, 0.1) is 6.61 Å². The van der Waals surface area contributed by atoms with E-state index in [9.17, 15) is 0 Å². The Morgan fingerprint density at radius 1 is 1.35 bits per heavy atom. The number of piperidine rings is 1. The normalized spacial score (nSPS) is 26.9. The first-order valence-electron chi connectivity index (χ1n) is 6.31. The summed E-state index contributed by atoms with van der Waals surface area (Å²) >= 11 is 0. The summed E-state index contributed by atoms with van der Waals surface area (Å²) in [6.45, 7) is 5.52. The van der Waals surface area contributed by atoms with Crippen molar-refractivity contribution in [1.29, 1.82) is 0 Å². The van der Waals surface area contributed by atoms with E-state index >= 15 is 0 Å². The highest BCUT2D eigenvalue weighted by atomic mass is 35.5. The molecule has 94 valence electrons. The highest BCUT2D eigenvalue weighted by Crippen LogP contribution is 2.34. The molecule has 1 aromatic rings. The fourth-order valence-electron chi connectivity index (χ4n) is 2.95. The van der Waals surface area contributed by atoms with E-state index in [0.29, 0.717) is 0 Å². The summed E-state index contributed by atoms with van der Waals surface area (Å²) in [5.74, 6) is 2.58. The van der Waals surface area contributed by atoms with Crippen molar-refractivity contribution in [2.45, 2.75) is 25.7 Å². The van der Waals surface area contributed by atoms with Gasteiger partial charge >= 0.3 is 0 Å². The molecule has 2 aliphatic rings. The molecule has 0 radical (unpaired) electrons. The van der Waals surface area contributed by atoms with Gasteiger partial charge in [-0.25, -0.2) is 0 Å². The first-order chi connectivity index (χ1) is 7.84. The van der Waals surface area contributed by atoms with Gasteiger partial charge in [-0.2, -0.15) is 0 Å². The van der Waals surface area contributed by atoms with Gasteiger partial charge in [-0.1, -0.05) is 19.1 Å². The standard InChI is InChI=1S/C14H19NO.ClH/c1-10-9-15-6-4-13(10)11-2-3-14-12(8-11)5-7-16-14;/h2-3,8,10,13,15H,4-7,9H2,1H3;1H/t10-,13+;/m1./s1. The zero-order valence-corrected chi connectivity index (χ0v) is 11.1. The van der Waals surface area contributed by atoms with Crippen LogP contribution in [0.4, 0.5) is 0 Å². The molecule has 1 saturated heterocycles. The summed E-state index contributed by atoms with van der Waals surface area (Å²) in [6, 6.07) is 6.79. The van der Waals surface area contributed by atoms with E-state index in [-0.39, 0.29) is 12.4 Å². The summed E-state index contributed by atoms with van der Waals surface area (Å²) in [5, 5.41) is 3.46. The summed E-state index contributed by atoms with van der Waals surface area (Å²) in [6.07, 6.45) is 2.35. The van der Waals surface area contributed by atoms with Crippen molar-refractivity contribution < 1.29 is 4.74 Å².